The molecule has 0 N–H and O–H groups in total. The van der Waals surface area contributed by atoms with E-state index in [1.807, 2.05) is 0 Å². The van der Waals surface area contributed by atoms with Crippen LogP contribution >= 0.6 is 0 Å². The SMILES string of the molecule is CC1(C)c2cc(-c3ccccc3)ccc2-c2c(N(c3ccc4c(c3)C3(c5ccccc5-c5ccccc53)c3ccccc3-4)c3ccc4ccccc4c3)cc3ccccc3c21. The second-order valence-electron chi connectivity index (χ2n) is 17.6. The zero-order valence-electron chi connectivity index (χ0n) is 34.2. The Labute approximate surface area is 356 Å². The molecule has 0 saturated carbocycles. The van der Waals surface area contributed by atoms with Crippen molar-refractivity contribution >= 4 is 38.6 Å². The molecule has 0 heterocycles. The van der Waals surface area contributed by atoms with Crippen LogP contribution in [0.2, 0.25) is 0 Å². The van der Waals surface area contributed by atoms with Crippen LogP contribution in [0.15, 0.2) is 212 Å². The summed E-state index contributed by atoms with van der Waals surface area (Å²) in [6, 6.07) is 79.8. The lowest BCUT2D eigenvalue weighted by molar-refractivity contribution is 0.666. The Balaban J connectivity index is 1.13. The van der Waals surface area contributed by atoms with Gasteiger partial charge in [-0.3, -0.25) is 0 Å². The predicted molar refractivity (Wildman–Crippen MR) is 255 cm³/mol. The summed E-state index contributed by atoms with van der Waals surface area (Å²) in [4.78, 5) is 2.57. The number of hydrogen-bond donors (Lipinski definition) is 0. The van der Waals surface area contributed by atoms with E-state index in [1.54, 1.807) is 0 Å². The van der Waals surface area contributed by atoms with Crippen LogP contribution in [0.5, 0.6) is 0 Å². The molecule has 0 aromatic heterocycles. The quantitative estimate of drug-likeness (QED) is 0.172. The van der Waals surface area contributed by atoms with Gasteiger partial charge in [0, 0.05) is 22.4 Å². The second-order valence-corrected chi connectivity index (χ2v) is 17.6. The molecule has 0 radical (unpaired) electrons. The van der Waals surface area contributed by atoms with Crippen molar-refractivity contribution in [3.05, 3.63) is 246 Å². The molecule has 0 unspecified atom stereocenters. The van der Waals surface area contributed by atoms with Crippen LogP contribution in [0.1, 0.15) is 47.2 Å². The van der Waals surface area contributed by atoms with E-state index < -0.39 is 5.41 Å². The summed E-state index contributed by atoms with van der Waals surface area (Å²) in [6.07, 6.45) is 0. The first-order chi connectivity index (χ1) is 30.0. The fraction of sp³-hybridized carbons (Fsp3) is 0.0667. The maximum Gasteiger partial charge on any atom is 0.0726 e. The van der Waals surface area contributed by atoms with Gasteiger partial charge in [0.2, 0.25) is 0 Å². The van der Waals surface area contributed by atoms with Crippen LogP contribution < -0.4 is 4.90 Å². The van der Waals surface area contributed by atoms with E-state index >= 15 is 0 Å². The van der Waals surface area contributed by atoms with Crippen LogP contribution in [0.25, 0.3) is 66.1 Å². The summed E-state index contributed by atoms with van der Waals surface area (Å²) >= 11 is 0. The fourth-order valence-corrected chi connectivity index (χ4v) is 11.6. The van der Waals surface area contributed by atoms with Gasteiger partial charge in [-0.05, 0) is 130 Å². The van der Waals surface area contributed by atoms with Crippen molar-refractivity contribution in [3.8, 4) is 44.5 Å². The number of fused-ring (bicyclic) bond motifs is 16. The van der Waals surface area contributed by atoms with E-state index in [9.17, 15) is 0 Å². The average molecular weight is 776 g/mol. The maximum atomic E-state index is 2.57. The summed E-state index contributed by atoms with van der Waals surface area (Å²) in [6.45, 7) is 4.85. The highest BCUT2D eigenvalue weighted by Gasteiger charge is 2.52. The molecule has 10 aromatic rings. The minimum atomic E-state index is -0.446. The van der Waals surface area contributed by atoms with Crippen molar-refractivity contribution in [2.24, 2.45) is 0 Å². The largest absolute Gasteiger partial charge is 0.310 e. The lowest BCUT2D eigenvalue weighted by Crippen LogP contribution is -2.26. The first kappa shape index (κ1) is 34.4. The van der Waals surface area contributed by atoms with E-state index in [1.165, 1.54) is 105 Å². The van der Waals surface area contributed by atoms with Crippen LogP contribution in [0, 0.1) is 0 Å². The highest BCUT2D eigenvalue weighted by molar-refractivity contribution is 6.07. The molecular formula is C60H41N. The zero-order chi connectivity index (χ0) is 40.5. The van der Waals surface area contributed by atoms with Gasteiger partial charge < -0.3 is 4.90 Å². The first-order valence-electron chi connectivity index (χ1n) is 21.5. The van der Waals surface area contributed by atoms with Crippen LogP contribution in [-0.4, -0.2) is 0 Å². The third-order valence-electron chi connectivity index (χ3n) is 14.2. The van der Waals surface area contributed by atoms with Crippen molar-refractivity contribution in [3.63, 3.8) is 0 Å². The predicted octanol–water partition coefficient (Wildman–Crippen LogP) is 15.8. The third kappa shape index (κ3) is 4.61. The van der Waals surface area contributed by atoms with E-state index in [2.05, 4.69) is 231 Å². The number of nitrogens with zero attached hydrogens (tertiary/aromatic N) is 1. The molecule has 0 fully saturated rings. The van der Waals surface area contributed by atoms with Crippen molar-refractivity contribution in [2.75, 3.05) is 4.90 Å². The van der Waals surface area contributed by atoms with Crippen LogP contribution in [-0.2, 0) is 10.8 Å². The molecule has 61 heavy (non-hydrogen) atoms. The highest BCUT2D eigenvalue weighted by Crippen LogP contribution is 2.64. The molecule has 0 saturated heterocycles. The van der Waals surface area contributed by atoms with Crippen molar-refractivity contribution in [1.29, 1.82) is 0 Å². The number of anilines is 3. The smallest absolute Gasteiger partial charge is 0.0726 e. The normalized spacial score (nSPS) is 14.3. The fourth-order valence-electron chi connectivity index (χ4n) is 11.6. The minimum Gasteiger partial charge on any atom is -0.310 e. The van der Waals surface area contributed by atoms with Crippen molar-refractivity contribution < 1.29 is 0 Å². The molecule has 0 amide bonds. The van der Waals surface area contributed by atoms with E-state index in [0.29, 0.717) is 0 Å². The number of benzene rings is 10. The summed E-state index contributed by atoms with van der Waals surface area (Å²) in [5.74, 6) is 0. The maximum absolute atomic E-state index is 2.57. The van der Waals surface area contributed by atoms with Crippen LogP contribution in [0.3, 0.4) is 0 Å². The summed E-state index contributed by atoms with van der Waals surface area (Å²) in [5.41, 5.74) is 21.3. The van der Waals surface area contributed by atoms with Crippen molar-refractivity contribution in [2.45, 2.75) is 24.7 Å². The second kappa shape index (κ2) is 12.5. The summed E-state index contributed by atoms with van der Waals surface area (Å²) in [5, 5.41) is 5.01. The molecule has 0 atom stereocenters. The molecule has 10 aromatic carbocycles. The molecule has 1 nitrogen and oxygen atoms in total. The van der Waals surface area contributed by atoms with Gasteiger partial charge in [-0.15, -0.1) is 0 Å². The van der Waals surface area contributed by atoms with Gasteiger partial charge in [0.15, 0.2) is 0 Å². The van der Waals surface area contributed by atoms with Crippen LogP contribution in [0.4, 0.5) is 17.1 Å². The number of rotatable bonds is 4. The highest BCUT2D eigenvalue weighted by atomic mass is 15.1. The van der Waals surface area contributed by atoms with Gasteiger partial charge in [0.25, 0.3) is 0 Å². The zero-order valence-corrected chi connectivity index (χ0v) is 34.2. The summed E-state index contributed by atoms with van der Waals surface area (Å²) in [7, 11) is 0. The lowest BCUT2D eigenvalue weighted by Gasteiger charge is -2.33. The van der Waals surface area contributed by atoms with Gasteiger partial charge >= 0.3 is 0 Å². The Bertz CT molecular complexity index is 3400. The standard InChI is InChI=1S/C60H41N/c1-59(2)54-35-41(38-16-4-3-5-17-38)29-32-50(54)57-56(36-42-20-8-9-21-45(42)58(57)59)61(43-30-28-39-18-6-7-19-40(39)34-43)44-31-33-49-48-24-12-15-27-53(48)60(55(49)37-44)51-25-13-10-22-46(51)47-23-11-14-26-52(47)60/h3-37H,1-2H3. The Morgan fingerprint density at radius 1 is 0.344 bits per heavy atom. The minimum absolute atomic E-state index is 0.249. The number of hydrogen-bond acceptors (Lipinski definition) is 1. The lowest BCUT2D eigenvalue weighted by atomic mass is 9.70. The molecule has 0 aliphatic heterocycles. The molecule has 1 spiro atoms. The Morgan fingerprint density at radius 3 is 1.59 bits per heavy atom. The Kier molecular flexibility index (Phi) is 7.06. The molecule has 0 bridgehead atoms. The van der Waals surface area contributed by atoms with Crippen molar-refractivity contribution in [1.82, 2.24) is 0 Å². The Hall–Kier alpha value is -7.48. The molecule has 1 heteroatoms. The van der Waals surface area contributed by atoms with Gasteiger partial charge in [-0.1, -0.05) is 190 Å². The van der Waals surface area contributed by atoms with E-state index in [4.69, 9.17) is 0 Å². The summed E-state index contributed by atoms with van der Waals surface area (Å²) < 4.78 is 0. The van der Waals surface area contributed by atoms with Gasteiger partial charge in [0.05, 0.1) is 11.1 Å². The van der Waals surface area contributed by atoms with Gasteiger partial charge in [-0.25, -0.2) is 0 Å². The Morgan fingerprint density at radius 2 is 0.885 bits per heavy atom. The molecule has 3 aliphatic carbocycles. The van der Waals surface area contributed by atoms with Gasteiger partial charge in [-0.2, -0.15) is 0 Å². The van der Waals surface area contributed by atoms with E-state index in [0.717, 1.165) is 11.4 Å². The van der Waals surface area contributed by atoms with E-state index in [-0.39, 0.29) is 5.41 Å². The molecule has 3 aliphatic rings. The average Bonchev–Trinajstić information content (AvgIpc) is 3.88. The third-order valence-corrected chi connectivity index (χ3v) is 14.2. The molecular weight excluding hydrogens is 735 g/mol. The monoisotopic (exact) mass is 775 g/mol. The molecule has 13 rings (SSSR count). The molecule has 286 valence electrons. The first-order valence-corrected chi connectivity index (χ1v) is 21.5. The topological polar surface area (TPSA) is 3.24 Å². The van der Waals surface area contributed by atoms with Gasteiger partial charge in [0.1, 0.15) is 0 Å².